The maximum Gasteiger partial charge on any atom is 0.224 e. The summed E-state index contributed by atoms with van der Waals surface area (Å²) in [6, 6.07) is 20.5. The van der Waals surface area contributed by atoms with Gasteiger partial charge in [-0.2, -0.15) is 0 Å². The normalized spacial score (nSPS) is 16.1. The average Bonchev–Trinajstić information content (AvgIpc) is 3.62. The van der Waals surface area contributed by atoms with Crippen molar-refractivity contribution >= 4 is 5.91 Å². The standard InChI is InChI=1S/C32H38F2N2O2/c1-31(2,3)20-23-10-7-11-25(14-23)32(12-13-32)35-21-29(37)28(17-24-15-26(33)19-27(34)16-24)36-30(38)18-22-8-5-4-6-9-22/h4-11,14-16,19,28-29,35,37H,12-13,17-18,20-21H2,1-3H3,(H,36,38)/t28-,29-/m0/s1. The number of aliphatic hydroxyl groups excluding tert-OH is 1. The number of amides is 1. The molecule has 3 aromatic carbocycles. The molecule has 4 nitrogen and oxygen atoms in total. The number of rotatable bonds is 11. The van der Waals surface area contributed by atoms with E-state index >= 15 is 0 Å². The molecule has 38 heavy (non-hydrogen) atoms. The SMILES string of the molecule is CC(C)(C)Cc1cccc(C2(NC[C@H](O)[C@H](Cc3cc(F)cc(F)c3)NC(=O)Cc3ccccc3)CC2)c1. The Morgan fingerprint density at radius 2 is 1.58 bits per heavy atom. The van der Waals surface area contributed by atoms with Crippen LogP contribution in [0, 0.1) is 17.0 Å². The van der Waals surface area contributed by atoms with Crippen LogP contribution in [0.4, 0.5) is 8.78 Å². The molecule has 1 fully saturated rings. The highest BCUT2D eigenvalue weighted by molar-refractivity contribution is 5.79. The molecule has 0 radical (unpaired) electrons. The number of halogens is 2. The molecule has 3 N–H and O–H groups in total. The van der Waals surface area contributed by atoms with Crippen molar-refractivity contribution in [3.63, 3.8) is 0 Å². The van der Waals surface area contributed by atoms with Crippen LogP contribution in [0.2, 0.25) is 0 Å². The van der Waals surface area contributed by atoms with Crippen LogP contribution < -0.4 is 10.6 Å². The second-order valence-corrected chi connectivity index (χ2v) is 11.8. The molecule has 0 unspecified atom stereocenters. The highest BCUT2D eigenvalue weighted by Crippen LogP contribution is 2.46. The lowest BCUT2D eigenvalue weighted by Gasteiger charge is -2.28. The average molecular weight is 521 g/mol. The van der Waals surface area contributed by atoms with Gasteiger partial charge in [0.15, 0.2) is 0 Å². The molecule has 0 aliphatic heterocycles. The molecule has 1 saturated carbocycles. The molecule has 202 valence electrons. The number of carbonyl (C=O) groups excluding carboxylic acids is 1. The first-order chi connectivity index (χ1) is 18.0. The van der Waals surface area contributed by atoms with E-state index in [1.54, 1.807) is 0 Å². The molecular formula is C32H38F2N2O2. The zero-order valence-corrected chi connectivity index (χ0v) is 22.4. The van der Waals surface area contributed by atoms with Crippen molar-refractivity contribution in [2.45, 2.75) is 70.6 Å². The molecule has 0 heterocycles. The lowest BCUT2D eigenvalue weighted by Crippen LogP contribution is -2.50. The number of hydrogen-bond acceptors (Lipinski definition) is 3. The second-order valence-electron chi connectivity index (χ2n) is 11.8. The second kappa shape index (κ2) is 11.7. The summed E-state index contributed by atoms with van der Waals surface area (Å²) in [5.74, 6) is -1.63. The van der Waals surface area contributed by atoms with E-state index in [0.29, 0.717) is 5.56 Å². The fraction of sp³-hybridized carbons (Fsp3) is 0.406. The van der Waals surface area contributed by atoms with Crippen molar-refractivity contribution in [1.82, 2.24) is 10.6 Å². The van der Waals surface area contributed by atoms with Crippen molar-refractivity contribution in [2.75, 3.05) is 6.54 Å². The van der Waals surface area contributed by atoms with Crippen molar-refractivity contribution in [1.29, 1.82) is 0 Å². The molecule has 0 bridgehead atoms. The van der Waals surface area contributed by atoms with E-state index in [9.17, 15) is 18.7 Å². The molecule has 3 aromatic rings. The molecule has 1 amide bonds. The van der Waals surface area contributed by atoms with Crippen molar-refractivity contribution in [3.8, 4) is 0 Å². The monoisotopic (exact) mass is 520 g/mol. The summed E-state index contributed by atoms with van der Waals surface area (Å²) in [7, 11) is 0. The molecule has 1 aliphatic rings. The zero-order chi connectivity index (χ0) is 27.3. The summed E-state index contributed by atoms with van der Waals surface area (Å²) in [4.78, 5) is 12.8. The van der Waals surface area contributed by atoms with E-state index in [0.717, 1.165) is 30.9 Å². The highest BCUT2D eigenvalue weighted by Gasteiger charge is 2.44. The maximum absolute atomic E-state index is 13.9. The molecule has 4 rings (SSSR count). The summed E-state index contributed by atoms with van der Waals surface area (Å²) in [5.41, 5.74) is 3.67. The van der Waals surface area contributed by atoms with Crippen LogP contribution in [0.25, 0.3) is 0 Å². The summed E-state index contributed by atoms with van der Waals surface area (Å²) in [5, 5.41) is 17.7. The third kappa shape index (κ3) is 7.95. The largest absolute Gasteiger partial charge is 0.390 e. The first-order valence-electron chi connectivity index (χ1n) is 13.3. The predicted molar refractivity (Wildman–Crippen MR) is 147 cm³/mol. The Bertz CT molecular complexity index is 1220. The third-order valence-electron chi connectivity index (χ3n) is 7.01. The number of carbonyl (C=O) groups is 1. The highest BCUT2D eigenvalue weighted by atomic mass is 19.1. The molecule has 0 spiro atoms. The summed E-state index contributed by atoms with van der Waals surface area (Å²) < 4.78 is 27.7. The van der Waals surface area contributed by atoms with Gasteiger partial charge in [-0.25, -0.2) is 8.78 Å². The number of nitrogens with one attached hydrogen (secondary N) is 2. The first-order valence-corrected chi connectivity index (χ1v) is 13.3. The number of benzene rings is 3. The van der Waals surface area contributed by atoms with Crippen LogP contribution in [0.5, 0.6) is 0 Å². The minimum atomic E-state index is -0.962. The molecule has 6 heteroatoms. The van der Waals surface area contributed by atoms with Gasteiger partial charge in [-0.1, -0.05) is 75.4 Å². The topological polar surface area (TPSA) is 61.4 Å². The van der Waals surface area contributed by atoms with Crippen molar-refractivity contribution in [2.24, 2.45) is 5.41 Å². The van der Waals surface area contributed by atoms with E-state index in [-0.39, 0.29) is 36.2 Å². The Hall–Kier alpha value is -3.09. The molecule has 1 aliphatic carbocycles. The minimum absolute atomic E-state index is 0.103. The molecule has 0 aromatic heterocycles. The number of hydrogen-bond donors (Lipinski definition) is 3. The van der Waals surface area contributed by atoms with E-state index in [1.807, 2.05) is 30.3 Å². The maximum atomic E-state index is 13.9. The summed E-state index contributed by atoms with van der Waals surface area (Å²) >= 11 is 0. The quantitative estimate of drug-likeness (QED) is 0.315. The summed E-state index contributed by atoms with van der Waals surface area (Å²) in [6.45, 7) is 6.89. The van der Waals surface area contributed by atoms with Crippen LogP contribution in [0.1, 0.15) is 55.9 Å². The first kappa shape index (κ1) is 27.9. The van der Waals surface area contributed by atoms with E-state index in [1.165, 1.54) is 23.3 Å². The summed E-state index contributed by atoms with van der Waals surface area (Å²) in [6.07, 6.45) is 2.18. The Morgan fingerprint density at radius 1 is 0.921 bits per heavy atom. The Kier molecular flexibility index (Phi) is 8.64. The van der Waals surface area contributed by atoms with Crippen LogP contribution in [0.15, 0.2) is 72.8 Å². The Labute approximate surface area is 224 Å². The Morgan fingerprint density at radius 3 is 2.21 bits per heavy atom. The van der Waals surface area contributed by atoms with Crippen LogP contribution in [0.3, 0.4) is 0 Å². The van der Waals surface area contributed by atoms with Gasteiger partial charge in [-0.05, 0) is 65.5 Å². The smallest absolute Gasteiger partial charge is 0.224 e. The van der Waals surface area contributed by atoms with Gasteiger partial charge in [-0.15, -0.1) is 0 Å². The lowest BCUT2D eigenvalue weighted by molar-refractivity contribution is -0.122. The lowest BCUT2D eigenvalue weighted by atomic mass is 9.87. The third-order valence-corrected chi connectivity index (χ3v) is 7.01. The Balaban J connectivity index is 1.46. The predicted octanol–water partition coefficient (Wildman–Crippen LogP) is 5.46. The van der Waals surface area contributed by atoms with Gasteiger partial charge in [0.05, 0.1) is 18.6 Å². The fourth-order valence-electron chi connectivity index (χ4n) is 5.03. The van der Waals surface area contributed by atoms with Crippen LogP contribution >= 0.6 is 0 Å². The van der Waals surface area contributed by atoms with Crippen LogP contribution in [-0.4, -0.2) is 29.7 Å². The van der Waals surface area contributed by atoms with E-state index in [2.05, 4.69) is 55.7 Å². The van der Waals surface area contributed by atoms with Gasteiger partial charge in [0, 0.05) is 18.2 Å². The van der Waals surface area contributed by atoms with Gasteiger partial charge in [-0.3, -0.25) is 4.79 Å². The van der Waals surface area contributed by atoms with Gasteiger partial charge in [0.2, 0.25) is 5.91 Å². The van der Waals surface area contributed by atoms with E-state index in [4.69, 9.17) is 0 Å². The fourth-order valence-corrected chi connectivity index (χ4v) is 5.03. The van der Waals surface area contributed by atoms with Gasteiger partial charge >= 0.3 is 0 Å². The molecule has 2 atom stereocenters. The molecular weight excluding hydrogens is 482 g/mol. The van der Waals surface area contributed by atoms with E-state index < -0.39 is 23.8 Å². The number of aliphatic hydroxyl groups is 1. The van der Waals surface area contributed by atoms with Gasteiger partial charge in [0.25, 0.3) is 0 Å². The van der Waals surface area contributed by atoms with Gasteiger partial charge < -0.3 is 15.7 Å². The van der Waals surface area contributed by atoms with Crippen molar-refractivity contribution in [3.05, 3.63) is 107 Å². The van der Waals surface area contributed by atoms with Crippen molar-refractivity contribution < 1.29 is 18.7 Å². The van der Waals surface area contributed by atoms with Gasteiger partial charge in [0.1, 0.15) is 11.6 Å². The molecule has 0 saturated heterocycles. The minimum Gasteiger partial charge on any atom is -0.390 e. The van der Waals surface area contributed by atoms with Crippen LogP contribution in [-0.2, 0) is 29.6 Å². The zero-order valence-electron chi connectivity index (χ0n) is 22.4.